The highest BCUT2D eigenvalue weighted by atomic mass is 79.9. The van der Waals surface area contributed by atoms with Crippen molar-refractivity contribution in [3.05, 3.63) is 28.2 Å². The molecule has 0 saturated heterocycles. The summed E-state index contributed by atoms with van der Waals surface area (Å²) in [4.78, 5) is 2.96. The number of nitrogens with zero attached hydrogens (tertiary/aromatic N) is 1. The predicted octanol–water partition coefficient (Wildman–Crippen LogP) is 3.85. The third-order valence-corrected chi connectivity index (χ3v) is 4.15. The van der Waals surface area contributed by atoms with Crippen LogP contribution < -0.4 is 10.6 Å². The maximum atomic E-state index is 5.66. The summed E-state index contributed by atoms with van der Waals surface area (Å²) in [5.41, 5.74) is 7.85. The topological polar surface area (TPSA) is 29.3 Å². The SMILES string of the molecule is CCCCN(c1ccc(C(N)=S)cc1Br)C1CC1. The van der Waals surface area contributed by atoms with Gasteiger partial charge in [-0.3, -0.25) is 0 Å². The minimum atomic E-state index is 0.453. The average molecular weight is 327 g/mol. The van der Waals surface area contributed by atoms with Gasteiger partial charge in [0.15, 0.2) is 0 Å². The van der Waals surface area contributed by atoms with E-state index in [0.717, 1.165) is 22.6 Å². The van der Waals surface area contributed by atoms with Crippen LogP contribution in [0.3, 0.4) is 0 Å². The van der Waals surface area contributed by atoms with Crippen LogP contribution in [-0.2, 0) is 0 Å². The number of unbranched alkanes of at least 4 members (excludes halogenated alkanes) is 1. The van der Waals surface area contributed by atoms with Crippen molar-refractivity contribution in [2.24, 2.45) is 5.73 Å². The number of rotatable bonds is 6. The highest BCUT2D eigenvalue weighted by molar-refractivity contribution is 9.10. The van der Waals surface area contributed by atoms with Gasteiger partial charge in [-0.05, 0) is 53.4 Å². The van der Waals surface area contributed by atoms with Crippen LogP contribution in [0.25, 0.3) is 0 Å². The lowest BCUT2D eigenvalue weighted by Gasteiger charge is -2.26. The van der Waals surface area contributed by atoms with Crippen molar-refractivity contribution in [2.75, 3.05) is 11.4 Å². The van der Waals surface area contributed by atoms with Crippen LogP contribution in [0.15, 0.2) is 22.7 Å². The van der Waals surface area contributed by atoms with E-state index in [0.29, 0.717) is 4.99 Å². The largest absolute Gasteiger partial charge is 0.389 e. The first-order valence-electron chi connectivity index (χ1n) is 6.49. The summed E-state index contributed by atoms with van der Waals surface area (Å²) in [5.74, 6) is 0. The normalized spacial score (nSPS) is 14.6. The van der Waals surface area contributed by atoms with E-state index in [9.17, 15) is 0 Å². The van der Waals surface area contributed by atoms with Gasteiger partial charge < -0.3 is 10.6 Å². The van der Waals surface area contributed by atoms with Crippen LogP contribution >= 0.6 is 28.1 Å². The Morgan fingerprint density at radius 1 is 1.50 bits per heavy atom. The van der Waals surface area contributed by atoms with Gasteiger partial charge in [0.05, 0.1) is 5.69 Å². The van der Waals surface area contributed by atoms with Gasteiger partial charge in [-0.15, -0.1) is 0 Å². The quantitative estimate of drug-likeness (QED) is 0.805. The summed E-state index contributed by atoms with van der Waals surface area (Å²) in [5, 5.41) is 0. The minimum absolute atomic E-state index is 0.453. The summed E-state index contributed by atoms with van der Waals surface area (Å²) in [6.45, 7) is 3.36. The molecule has 1 aromatic carbocycles. The molecule has 0 aliphatic heterocycles. The van der Waals surface area contributed by atoms with E-state index in [2.05, 4.69) is 33.8 Å². The molecule has 1 saturated carbocycles. The fourth-order valence-electron chi connectivity index (χ4n) is 2.11. The average Bonchev–Trinajstić information content (AvgIpc) is 3.15. The van der Waals surface area contributed by atoms with Crippen molar-refractivity contribution >= 4 is 38.8 Å². The molecule has 2 nitrogen and oxygen atoms in total. The van der Waals surface area contributed by atoms with Crippen LogP contribution in [0.1, 0.15) is 38.2 Å². The first-order valence-corrected chi connectivity index (χ1v) is 7.69. The second-order valence-electron chi connectivity index (χ2n) is 4.81. The smallest absolute Gasteiger partial charge is 0.104 e. The zero-order valence-electron chi connectivity index (χ0n) is 10.7. The summed E-state index contributed by atoms with van der Waals surface area (Å²) >= 11 is 8.66. The lowest BCUT2D eigenvalue weighted by atomic mass is 10.2. The summed E-state index contributed by atoms with van der Waals surface area (Å²) in [7, 11) is 0. The zero-order chi connectivity index (χ0) is 13.1. The molecular weight excluding hydrogens is 308 g/mol. The van der Waals surface area contributed by atoms with E-state index in [-0.39, 0.29) is 0 Å². The minimum Gasteiger partial charge on any atom is -0.389 e. The molecule has 1 aromatic rings. The van der Waals surface area contributed by atoms with Crippen molar-refractivity contribution in [1.29, 1.82) is 0 Å². The maximum absolute atomic E-state index is 5.66. The molecule has 0 atom stereocenters. The van der Waals surface area contributed by atoms with E-state index >= 15 is 0 Å². The molecular formula is C14H19BrN2S. The van der Waals surface area contributed by atoms with Gasteiger partial charge in [0.25, 0.3) is 0 Å². The van der Waals surface area contributed by atoms with Crippen molar-refractivity contribution in [3.63, 3.8) is 0 Å². The van der Waals surface area contributed by atoms with E-state index in [1.54, 1.807) is 0 Å². The lowest BCUT2D eigenvalue weighted by Crippen LogP contribution is -2.27. The fourth-order valence-corrected chi connectivity index (χ4v) is 2.84. The van der Waals surface area contributed by atoms with E-state index in [4.69, 9.17) is 18.0 Å². The Morgan fingerprint density at radius 2 is 2.22 bits per heavy atom. The van der Waals surface area contributed by atoms with Gasteiger partial charge in [-0.2, -0.15) is 0 Å². The van der Waals surface area contributed by atoms with Crippen molar-refractivity contribution < 1.29 is 0 Å². The molecule has 2 N–H and O–H groups in total. The molecule has 0 radical (unpaired) electrons. The molecule has 0 unspecified atom stereocenters. The summed E-state index contributed by atoms with van der Waals surface area (Å²) in [6.07, 6.45) is 5.09. The molecule has 0 amide bonds. The van der Waals surface area contributed by atoms with Crippen LogP contribution in [-0.4, -0.2) is 17.6 Å². The van der Waals surface area contributed by atoms with Crippen LogP contribution in [0, 0.1) is 0 Å². The number of thiocarbonyl (C=S) groups is 1. The standard InChI is InChI=1S/C14H19BrN2S/c1-2-3-8-17(11-5-6-11)13-7-4-10(14(16)18)9-12(13)15/h4,7,9,11H,2-3,5-6,8H2,1H3,(H2,16,18). The van der Waals surface area contributed by atoms with E-state index < -0.39 is 0 Å². The summed E-state index contributed by atoms with van der Waals surface area (Å²) < 4.78 is 1.09. The van der Waals surface area contributed by atoms with Crippen molar-refractivity contribution in [3.8, 4) is 0 Å². The second-order valence-corrected chi connectivity index (χ2v) is 6.10. The van der Waals surface area contributed by atoms with E-state index in [1.165, 1.54) is 31.4 Å². The number of hydrogen-bond donors (Lipinski definition) is 1. The van der Waals surface area contributed by atoms with Crippen molar-refractivity contribution in [2.45, 2.75) is 38.6 Å². The summed E-state index contributed by atoms with van der Waals surface area (Å²) in [6, 6.07) is 6.90. The zero-order valence-corrected chi connectivity index (χ0v) is 13.1. The molecule has 0 heterocycles. The Hall–Kier alpha value is -0.610. The Morgan fingerprint density at radius 3 is 2.72 bits per heavy atom. The molecule has 2 rings (SSSR count). The molecule has 1 aliphatic carbocycles. The Labute approximate surface area is 123 Å². The molecule has 1 aliphatic rings. The molecule has 98 valence electrons. The highest BCUT2D eigenvalue weighted by Crippen LogP contribution is 2.36. The number of halogens is 1. The van der Waals surface area contributed by atoms with Crippen LogP contribution in [0.5, 0.6) is 0 Å². The van der Waals surface area contributed by atoms with Crippen LogP contribution in [0.4, 0.5) is 5.69 Å². The fraction of sp³-hybridized carbons (Fsp3) is 0.500. The Bertz CT molecular complexity index is 443. The van der Waals surface area contributed by atoms with Gasteiger partial charge in [-0.25, -0.2) is 0 Å². The molecule has 4 heteroatoms. The predicted molar refractivity (Wildman–Crippen MR) is 85.3 cm³/mol. The second kappa shape index (κ2) is 6.02. The molecule has 0 spiro atoms. The van der Waals surface area contributed by atoms with E-state index in [1.807, 2.05) is 12.1 Å². The first kappa shape index (κ1) is 13.8. The highest BCUT2D eigenvalue weighted by Gasteiger charge is 2.29. The maximum Gasteiger partial charge on any atom is 0.104 e. The van der Waals surface area contributed by atoms with Gasteiger partial charge >= 0.3 is 0 Å². The molecule has 1 fully saturated rings. The van der Waals surface area contributed by atoms with Gasteiger partial charge in [-0.1, -0.05) is 25.6 Å². The molecule has 18 heavy (non-hydrogen) atoms. The third-order valence-electron chi connectivity index (χ3n) is 3.28. The lowest BCUT2D eigenvalue weighted by molar-refractivity contribution is 0.712. The van der Waals surface area contributed by atoms with Crippen LogP contribution in [0.2, 0.25) is 0 Å². The number of anilines is 1. The monoisotopic (exact) mass is 326 g/mol. The van der Waals surface area contributed by atoms with Gasteiger partial charge in [0.1, 0.15) is 4.99 Å². The van der Waals surface area contributed by atoms with Crippen molar-refractivity contribution in [1.82, 2.24) is 0 Å². The third kappa shape index (κ3) is 3.23. The number of hydrogen-bond acceptors (Lipinski definition) is 2. The molecule has 0 aromatic heterocycles. The molecule has 0 bridgehead atoms. The van der Waals surface area contributed by atoms with Gasteiger partial charge in [0.2, 0.25) is 0 Å². The van der Waals surface area contributed by atoms with Gasteiger partial charge in [0, 0.05) is 22.6 Å². The first-order chi connectivity index (χ1) is 8.63. The Balaban J connectivity index is 2.21. The Kier molecular flexibility index (Phi) is 4.62. The number of nitrogens with two attached hydrogens (primary N) is 1. The number of benzene rings is 1.